The monoisotopic (exact) mass is 403 g/mol. The molecule has 0 radical (unpaired) electrons. The normalized spacial score (nSPS) is 15.8. The molecular weight excluding hydrogens is 378 g/mol. The van der Waals surface area contributed by atoms with Crippen molar-refractivity contribution < 1.29 is 14.3 Å². The lowest BCUT2D eigenvalue weighted by atomic mass is 10.2. The van der Waals surface area contributed by atoms with Gasteiger partial charge in [-0.05, 0) is 37.3 Å². The fourth-order valence-electron chi connectivity index (χ4n) is 3.37. The second-order valence-electron chi connectivity index (χ2n) is 6.74. The van der Waals surface area contributed by atoms with Crippen LogP contribution >= 0.6 is 11.6 Å². The summed E-state index contributed by atoms with van der Waals surface area (Å²) in [6, 6.07) is 13.0. The molecule has 3 rings (SSSR count). The van der Waals surface area contributed by atoms with Gasteiger partial charge in [0.25, 0.3) is 0 Å². The van der Waals surface area contributed by atoms with Gasteiger partial charge in [0.05, 0.1) is 20.3 Å². The van der Waals surface area contributed by atoms with Crippen molar-refractivity contribution >= 4 is 28.9 Å². The molecule has 28 heavy (non-hydrogen) atoms. The number of piperazine rings is 1. The topological polar surface area (TPSA) is 54.0 Å². The van der Waals surface area contributed by atoms with Gasteiger partial charge >= 0.3 is 0 Å². The van der Waals surface area contributed by atoms with Crippen molar-refractivity contribution in [1.29, 1.82) is 0 Å². The van der Waals surface area contributed by atoms with E-state index in [2.05, 4.69) is 21.2 Å². The number of halogens is 1. The Labute approximate surface area is 171 Å². The number of carbonyl (C=O) groups is 1. The highest BCUT2D eigenvalue weighted by Gasteiger charge is 2.26. The smallest absolute Gasteiger partial charge is 0.241 e. The maximum Gasteiger partial charge on any atom is 0.241 e. The second kappa shape index (κ2) is 9.17. The van der Waals surface area contributed by atoms with E-state index < -0.39 is 0 Å². The predicted molar refractivity (Wildman–Crippen MR) is 113 cm³/mol. The maximum absolute atomic E-state index is 12.7. The molecule has 7 heteroatoms. The Morgan fingerprint density at radius 3 is 2.39 bits per heavy atom. The zero-order valence-corrected chi connectivity index (χ0v) is 17.2. The van der Waals surface area contributed by atoms with E-state index in [1.807, 2.05) is 31.2 Å². The van der Waals surface area contributed by atoms with Crippen LogP contribution in [0.4, 0.5) is 11.4 Å². The summed E-state index contributed by atoms with van der Waals surface area (Å²) >= 11 is 6.10. The van der Waals surface area contributed by atoms with E-state index in [1.165, 1.54) is 0 Å². The fraction of sp³-hybridized carbons (Fsp3) is 0.381. The molecule has 1 saturated heterocycles. The third-order valence-corrected chi connectivity index (χ3v) is 5.30. The van der Waals surface area contributed by atoms with Gasteiger partial charge in [-0.3, -0.25) is 9.69 Å². The molecule has 1 amide bonds. The summed E-state index contributed by atoms with van der Waals surface area (Å²) in [7, 11) is 3.16. The number of nitrogens with zero attached hydrogens (tertiary/aromatic N) is 2. The van der Waals surface area contributed by atoms with Crippen molar-refractivity contribution in [2.75, 3.05) is 50.6 Å². The Morgan fingerprint density at radius 2 is 1.75 bits per heavy atom. The van der Waals surface area contributed by atoms with Gasteiger partial charge in [0, 0.05) is 48.6 Å². The zero-order chi connectivity index (χ0) is 20.1. The summed E-state index contributed by atoms with van der Waals surface area (Å²) in [4.78, 5) is 17.2. The predicted octanol–water partition coefficient (Wildman–Crippen LogP) is 3.51. The summed E-state index contributed by atoms with van der Waals surface area (Å²) in [5.41, 5.74) is 1.81. The lowest BCUT2D eigenvalue weighted by molar-refractivity contribution is -0.120. The highest BCUT2D eigenvalue weighted by atomic mass is 35.5. The van der Waals surface area contributed by atoms with Crippen LogP contribution in [0.2, 0.25) is 5.02 Å². The Hall–Kier alpha value is -2.44. The van der Waals surface area contributed by atoms with Gasteiger partial charge in [0.15, 0.2) is 11.5 Å². The molecule has 150 valence electrons. The van der Waals surface area contributed by atoms with E-state index in [1.54, 1.807) is 26.4 Å². The number of hydrogen-bond donors (Lipinski definition) is 1. The Morgan fingerprint density at radius 1 is 1.04 bits per heavy atom. The van der Waals surface area contributed by atoms with Crippen LogP contribution in [0.5, 0.6) is 11.5 Å². The number of amides is 1. The van der Waals surface area contributed by atoms with Crippen LogP contribution in [-0.2, 0) is 4.79 Å². The molecule has 0 bridgehead atoms. The van der Waals surface area contributed by atoms with Crippen LogP contribution in [-0.4, -0.2) is 57.2 Å². The Bertz CT molecular complexity index is 822. The SMILES string of the molecule is COc1ccc(NC(=O)C(C)N2CCN(c3cccc(Cl)c3)CC2)cc1OC. The number of methoxy groups -OCH3 is 2. The van der Waals surface area contributed by atoms with Crippen molar-refractivity contribution in [1.82, 2.24) is 4.90 Å². The molecular formula is C21H26ClN3O3. The van der Waals surface area contributed by atoms with Gasteiger partial charge in [-0.2, -0.15) is 0 Å². The van der Waals surface area contributed by atoms with Gasteiger partial charge in [-0.25, -0.2) is 0 Å². The number of ether oxygens (including phenoxy) is 2. The van der Waals surface area contributed by atoms with E-state index in [-0.39, 0.29) is 11.9 Å². The van der Waals surface area contributed by atoms with Crippen molar-refractivity contribution in [2.24, 2.45) is 0 Å². The van der Waals surface area contributed by atoms with Crippen LogP contribution in [0, 0.1) is 0 Å². The maximum atomic E-state index is 12.7. The molecule has 1 fully saturated rings. The summed E-state index contributed by atoms with van der Waals surface area (Å²) in [6.07, 6.45) is 0. The fourth-order valence-corrected chi connectivity index (χ4v) is 3.55. The number of nitrogens with one attached hydrogen (secondary N) is 1. The van der Waals surface area contributed by atoms with Gasteiger partial charge in [0.1, 0.15) is 0 Å². The summed E-state index contributed by atoms with van der Waals surface area (Å²) < 4.78 is 10.5. The number of hydrogen-bond acceptors (Lipinski definition) is 5. The largest absolute Gasteiger partial charge is 0.493 e. The van der Waals surface area contributed by atoms with E-state index in [0.29, 0.717) is 17.2 Å². The molecule has 1 N–H and O–H groups in total. The zero-order valence-electron chi connectivity index (χ0n) is 16.4. The molecule has 1 heterocycles. The van der Waals surface area contributed by atoms with Crippen LogP contribution in [0.15, 0.2) is 42.5 Å². The molecule has 6 nitrogen and oxygen atoms in total. The number of benzene rings is 2. The van der Waals surface area contributed by atoms with Crippen molar-refractivity contribution in [3.63, 3.8) is 0 Å². The lowest BCUT2D eigenvalue weighted by Crippen LogP contribution is -2.52. The van der Waals surface area contributed by atoms with Gasteiger partial charge in [-0.1, -0.05) is 17.7 Å². The van der Waals surface area contributed by atoms with Crippen LogP contribution in [0.1, 0.15) is 6.92 Å². The van der Waals surface area contributed by atoms with E-state index >= 15 is 0 Å². The Kier molecular flexibility index (Phi) is 6.65. The molecule has 0 saturated carbocycles. The van der Waals surface area contributed by atoms with Crippen LogP contribution in [0.3, 0.4) is 0 Å². The summed E-state index contributed by atoms with van der Waals surface area (Å²) in [5, 5.41) is 3.71. The highest BCUT2D eigenvalue weighted by Crippen LogP contribution is 2.30. The number of anilines is 2. The molecule has 1 atom stereocenters. The van der Waals surface area contributed by atoms with Crippen molar-refractivity contribution in [3.8, 4) is 11.5 Å². The average Bonchev–Trinajstić information content (AvgIpc) is 2.73. The quantitative estimate of drug-likeness (QED) is 0.799. The molecule has 1 aliphatic rings. The first-order valence-electron chi connectivity index (χ1n) is 9.29. The Balaban J connectivity index is 1.57. The number of rotatable bonds is 6. The minimum absolute atomic E-state index is 0.0385. The molecule has 0 aliphatic carbocycles. The average molecular weight is 404 g/mol. The molecule has 2 aromatic rings. The third kappa shape index (κ3) is 4.69. The minimum Gasteiger partial charge on any atom is -0.493 e. The van der Waals surface area contributed by atoms with Crippen LogP contribution in [0.25, 0.3) is 0 Å². The minimum atomic E-state index is -0.227. The van der Waals surface area contributed by atoms with E-state index in [9.17, 15) is 4.79 Å². The van der Waals surface area contributed by atoms with E-state index in [4.69, 9.17) is 21.1 Å². The first-order valence-corrected chi connectivity index (χ1v) is 9.67. The van der Waals surface area contributed by atoms with E-state index in [0.717, 1.165) is 36.9 Å². The summed E-state index contributed by atoms with van der Waals surface area (Å²) in [6.45, 7) is 5.27. The molecule has 0 aromatic heterocycles. The first-order chi connectivity index (χ1) is 13.5. The van der Waals surface area contributed by atoms with Crippen molar-refractivity contribution in [3.05, 3.63) is 47.5 Å². The molecule has 1 aliphatic heterocycles. The standard InChI is InChI=1S/C21H26ClN3O3/c1-15(21(26)23-17-7-8-19(27-2)20(14-17)28-3)24-9-11-25(12-10-24)18-6-4-5-16(22)13-18/h4-8,13-15H,9-12H2,1-3H3,(H,23,26). The third-order valence-electron chi connectivity index (χ3n) is 5.07. The first kappa shape index (κ1) is 20.3. The molecule has 1 unspecified atom stereocenters. The summed E-state index contributed by atoms with van der Waals surface area (Å²) in [5.74, 6) is 1.18. The van der Waals surface area contributed by atoms with Gasteiger partial charge in [0.2, 0.25) is 5.91 Å². The van der Waals surface area contributed by atoms with Crippen molar-refractivity contribution in [2.45, 2.75) is 13.0 Å². The molecule has 2 aromatic carbocycles. The molecule has 0 spiro atoms. The van der Waals surface area contributed by atoms with Gasteiger partial charge < -0.3 is 19.7 Å². The lowest BCUT2D eigenvalue weighted by Gasteiger charge is -2.38. The van der Waals surface area contributed by atoms with Crippen LogP contribution < -0.4 is 19.7 Å². The second-order valence-corrected chi connectivity index (χ2v) is 7.17. The van der Waals surface area contributed by atoms with Gasteiger partial charge in [-0.15, -0.1) is 0 Å². The number of carbonyl (C=O) groups excluding carboxylic acids is 1. The highest BCUT2D eigenvalue weighted by molar-refractivity contribution is 6.30.